The van der Waals surface area contributed by atoms with Crippen LogP contribution in [0, 0.1) is 20.8 Å². The minimum Gasteiger partial charge on any atom is -0.320 e. The quantitative estimate of drug-likeness (QED) is 0.449. The Kier molecular flexibility index (Phi) is 6.14. The molecule has 0 aliphatic rings. The minimum atomic E-state index is -0.336. The Morgan fingerprint density at radius 2 is 1.70 bits per heavy atom. The van der Waals surface area contributed by atoms with Gasteiger partial charge in [0, 0.05) is 11.4 Å². The Bertz CT molecular complexity index is 971. The molecule has 0 saturated carbocycles. The van der Waals surface area contributed by atoms with Gasteiger partial charge in [-0.15, -0.1) is 0 Å². The maximum absolute atomic E-state index is 12.7. The number of anilines is 1. The second kappa shape index (κ2) is 8.55. The molecule has 3 aromatic rings. The summed E-state index contributed by atoms with van der Waals surface area (Å²) in [5.74, 6) is 0.393. The number of hydrogen-bond donors (Lipinski definition) is 1. The highest BCUT2D eigenvalue weighted by Gasteiger charge is 2.16. The lowest BCUT2D eigenvalue weighted by molar-refractivity contribution is 0.102. The van der Waals surface area contributed by atoms with Crippen LogP contribution in [-0.2, 0) is 5.75 Å². The highest BCUT2D eigenvalue weighted by molar-refractivity contribution is 7.98. The fourth-order valence-electron chi connectivity index (χ4n) is 2.68. The van der Waals surface area contributed by atoms with E-state index in [2.05, 4.69) is 34.3 Å². The molecule has 0 radical (unpaired) electrons. The molecule has 1 N–H and O–H groups in total. The monoisotopic (exact) mass is 397 g/mol. The molecule has 0 saturated heterocycles. The lowest BCUT2D eigenvalue weighted by Crippen LogP contribution is -2.16. The number of nitrogens with zero attached hydrogens (tertiary/aromatic N) is 2. The number of benzene rings is 2. The van der Waals surface area contributed by atoms with Gasteiger partial charge >= 0.3 is 0 Å². The van der Waals surface area contributed by atoms with Crippen LogP contribution in [0.2, 0.25) is 5.02 Å². The van der Waals surface area contributed by atoms with E-state index in [1.165, 1.54) is 29.1 Å². The molecule has 0 fully saturated rings. The van der Waals surface area contributed by atoms with Gasteiger partial charge < -0.3 is 5.32 Å². The molecule has 1 heterocycles. The van der Waals surface area contributed by atoms with Crippen LogP contribution in [0.25, 0.3) is 0 Å². The molecule has 4 nitrogen and oxygen atoms in total. The Hall–Kier alpha value is -2.37. The molecule has 2 aromatic carbocycles. The van der Waals surface area contributed by atoms with Crippen LogP contribution < -0.4 is 5.32 Å². The average molecular weight is 398 g/mol. The van der Waals surface area contributed by atoms with Gasteiger partial charge in [0.2, 0.25) is 0 Å². The van der Waals surface area contributed by atoms with Crippen molar-refractivity contribution in [2.24, 2.45) is 0 Å². The first-order valence-corrected chi connectivity index (χ1v) is 9.89. The molecule has 6 heteroatoms. The summed E-state index contributed by atoms with van der Waals surface area (Å²) >= 11 is 7.66. The van der Waals surface area contributed by atoms with Crippen LogP contribution in [0.1, 0.15) is 32.7 Å². The molecule has 3 rings (SSSR count). The molecule has 0 bridgehead atoms. The number of aryl methyl sites for hydroxylation is 3. The lowest BCUT2D eigenvalue weighted by atomic mass is 10.1. The third-order valence-electron chi connectivity index (χ3n) is 4.27. The van der Waals surface area contributed by atoms with Crippen LogP contribution in [-0.4, -0.2) is 15.9 Å². The topological polar surface area (TPSA) is 54.9 Å². The number of thioether (sulfide) groups is 1. The summed E-state index contributed by atoms with van der Waals surface area (Å²) in [7, 11) is 0. The predicted molar refractivity (Wildman–Crippen MR) is 112 cm³/mol. The number of aromatic nitrogens is 2. The van der Waals surface area contributed by atoms with E-state index in [1.807, 2.05) is 44.2 Å². The second-order valence-electron chi connectivity index (χ2n) is 6.29. The van der Waals surface area contributed by atoms with Gasteiger partial charge in [-0.1, -0.05) is 65.8 Å². The summed E-state index contributed by atoms with van der Waals surface area (Å²) in [6.45, 7) is 5.98. The highest BCUT2D eigenvalue weighted by Crippen LogP contribution is 2.25. The van der Waals surface area contributed by atoms with Gasteiger partial charge in [-0.2, -0.15) is 0 Å². The molecular formula is C21H20ClN3OS. The maximum atomic E-state index is 12.7. The van der Waals surface area contributed by atoms with Gasteiger partial charge in [-0.3, -0.25) is 4.79 Å². The van der Waals surface area contributed by atoms with Crippen LogP contribution >= 0.6 is 23.4 Å². The number of carbonyl (C=O) groups excluding carboxylic acids is 1. The number of para-hydroxylation sites is 1. The number of carbonyl (C=O) groups is 1. The molecule has 138 valence electrons. The first-order chi connectivity index (χ1) is 13.0. The fourth-order valence-corrected chi connectivity index (χ4v) is 3.75. The molecule has 0 unspecified atom stereocenters. The number of hydrogen-bond acceptors (Lipinski definition) is 4. The zero-order valence-corrected chi connectivity index (χ0v) is 17.0. The van der Waals surface area contributed by atoms with Crippen molar-refractivity contribution in [3.8, 4) is 0 Å². The van der Waals surface area contributed by atoms with E-state index in [0.29, 0.717) is 5.16 Å². The van der Waals surface area contributed by atoms with Crippen molar-refractivity contribution in [2.75, 3.05) is 5.32 Å². The van der Waals surface area contributed by atoms with Crippen molar-refractivity contribution < 1.29 is 4.79 Å². The van der Waals surface area contributed by atoms with Crippen molar-refractivity contribution in [2.45, 2.75) is 31.7 Å². The molecule has 0 spiro atoms. The number of amides is 1. The van der Waals surface area contributed by atoms with Crippen molar-refractivity contribution in [1.29, 1.82) is 0 Å². The van der Waals surface area contributed by atoms with Gasteiger partial charge in [0.1, 0.15) is 0 Å². The SMILES string of the molecule is Cc1ccccc1CSc1ncc(Cl)c(C(=O)Nc2c(C)cccc2C)n1. The normalized spacial score (nSPS) is 10.7. The minimum absolute atomic E-state index is 0.182. The van der Waals surface area contributed by atoms with E-state index in [0.717, 1.165) is 22.6 Å². The van der Waals surface area contributed by atoms with E-state index in [9.17, 15) is 4.79 Å². The number of rotatable bonds is 5. The highest BCUT2D eigenvalue weighted by atomic mass is 35.5. The Balaban J connectivity index is 1.79. The molecule has 0 atom stereocenters. The van der Waals surface area contributed by atoms with Crippen molar-refractivity contribution in [3.05, 3.63) is 81.6 Å². The summed E-state index contributed by atoms with van der Waals surface area (Å²) in [4.78, 5) is 21.4. The largest absolute Gasteiger partial charge is 0.320 e. The van der Waals surface area contributed by atoms with Gasteiger partial charge in [0.15, 0.2) is 10.9 Å². The van der Waals surface area contributed by atoms with Crippen LogP contribution in [0.3, 0.4) is 0 Å². The van der Waals surface area contributed by atoms with E-state index in [1.54, 1.807) is 0 Å². The average Bonchev–Trinajstić information content (AvgIpc) is 2.65. The molecule has 1 amide bonds. The molecule has 0 aliphatic heterocycles. The smallest absolute Gasteiger partial charge is 0.275 e. The Morgan fingerprint density at radius 3 is 2.41 bits per heavy atom. The summed E-state index contributed by atoms with van der Waals surface area (Å²) in [5.41, 5.74) is 5.37. The Morgan fingerprint density at radius 1 is 1.04 bits per heavy atom. The van der Waals surface area contributed by atoms with Gasteiger partial charge in [0.25, 0.3) is 5.91 Å². The molecule has 1 aromatic heterocycles. The maximum Gasteiger partial charge on any atom is 0.275 e. The number of nitrogens with one attached hydrogen (secondary N) is 1. The van der Waals surface area contributed by atoms with E-state index < -0.39 is 0 Å². The summed E-state index contributed by atoms with van der Waals surface area (Å²) in [6.07, 6.45) is 1.48. The zero-order valence-electron chi connectivity index (χ0n) is 15.4. The van der Waals surface area contributed by atoms with E-state index in [4.69, 9.17) is 11.6 Å². The lowest BCUT2D eigenvalue weighted by Gasteiger charge is -2.12. The summed E-state index contributed by atoms with van der Waals surface area (Å²) in [6, 6.07) is 14.0. The van der Waals surface area contributed by atoms with E-state index in [-0.39, 0.29) is 16.6 Å². The van der Waals surface area contributed by atoms with Gasteiger partial charge in [-0.05, 0) is 43.0 Å². The van der Waals surface area contributed by atoms with Crippen LogP contribution in [0.15, 0.2) is 53.8 Å². The number of halogens is 1. The van der Waals surface area contributed by atoms with Gasteiger partial charge in [0.05, 0.1) is 11.2 Å². The third kappa shape index (κ3) is 4.67. The zero-order chi connectivity index (χ0) is 19.4. The van der Waals surface area contributed by atoms with Crippen molar-refractivity contribution in [1.82, 2.24) is 9.97 Å². The molecular weight excluding hydrogens is 378 g/mol. The first-order valence-electron chi connectivity index (χ1n) is 8.53. The first kappa shape index (κ1) is 19.4. The standard InChI is InChI=1S/C21H20ClN3OS/c1-13-7-4-5-10-16(13)12-27-21-23-11-17(22)19(25-21)20(26)24-18-14(2)8-6-9-15(18)3/h4-11H,12H2,1-3H3,(H,24,26). The fraction of sp³-hybridized carbons (Fsp3) is 0.190. The second-order valence-corrected chi connectivity index (χ2v) is 7.63. The van der Waals surface area contributed by atoms with Crippen LogP contribution in [0.5, 0.6) is 0 Å². The van der Waals surface area contributed by atoms with E-state index >= 15 is 0 Å². The van der Waals surface area contributed by atoms with Crippen molar-refractivity contribution in [3.63, 3.8) is 0 Å². The van der Waals surface area contributed by atoms with Crippen molar-refractivity contribution >= 4 is 35.0 Å². The summed E-state index contributed by atoms with van der Waals surface area (Å²) < 4.78 is 0. The van der Waals surface area contributed by atoms with Gasteiger partial charge in [-0.25, -0.2) is 9.97 Å². The summed E-state index contributed by atoms with van der Waals surface area (Å²) in [5, 5.41) is 3.68. The predicted octanol–water partition coefficient (Wildman–Crippen LogP) is 5.60. The third-order valence-corrected chi connectivity index (χ3v) is 5.46. The molecule has 0 aliphatic carbocycles. The Labute approximate surface area is 168 Å². The van der Waals surface area contributed by atoms with Crippen LogP contribution in [0.4, 0.5) is 5.69 Å². The molecule has 27 heavy (non-hydrogen) atoms.